The Labute approximate surface area is 288 Å². The molecule has 0 amide bonds. The van der Waals surface area contributed by atoms with Crippen molar-refractivity contribution in [3.63, 3.8) is 0 Å². The van der Waals surface area contributed by atoms with E-state index in [0.717, 1.165) is 27.0 Å². The third-order valence-corrected chi connectivity index (χ3v) is 8.14. The van der Waals surface area contributed by atoms with Gasteiger partial charge in [0.2, 0.25) is 0 Å². The number of pyridine rings is 2. The van der Waals surface area contributed by atoms with E-state index in [4.69, 9.17) is 12.6 Å². The molecule has 7 rings (SSSR count). The summed E-state index contributed by atoms with van der Waals surface area (Å²) >= 11 is 1.44. The summed E-state index contributed by atoms with van der Waals surface area (Å²) < 4.78 is 50.8. The molecular weight excluding hydrogens is 755 g/mol. The molecule has 4 heterocycles. The maximum Gasteiger partial charge on any atom is 0.152 e. The zero-order chi connectivity index (χ0) is 35.8. The number of fused-ring (bicyclic) bond motifs is 3. The first-order chi connectivity index (χ1) is 23.6. The van der Waals surface area contributed by atoms with Gasteiger partial charge in [-0.2, -0.15) is 5.26 Å². The minimum absolute atomic E-state index is 0. The van der Waals surface area contributed by atoms with Crippen molar-refractivity contribution in [1.82, 2.24) is 20.2 Å². The molecule has 4 aromatic heterocycles. The van der Waals surface area contributed by atoms with Crippen LogP contribution in [0.2, 0.25) is 0 Å². The third kappa shape index (κ3) is 6.62. The molecule has 0 spiro atoms. The number of hydrogen-bond acceptors (Lipinski definition) is 7. The van der Waals surface area contributed by atoms with Gasteiger partial charge in [0.1, 0.15) is 16.7 Å². The molecule has 0 aliphatic heterocycles. The summed E-state index contributed by atoms with van der Waals surface area (Å²) in [6, 6.07) is 29.7. The Morgan fingerprint density at radius 2 is 1.56 bits per heavy atom. The zero-order valence-electron chi connectivity index (χ0n) is 30.5. The van der Waals surface area contributed by atoms with Crippen LogP contribution in [0.4, 0.5) is 0 Å². The van der Waals surface area contributed by atoms with Gasteiger partial charge in [-0.05, 0) is 42.3 Å². The van der Waals surface area contributed by atoms with E-state index in [-0.39, 0.29) is 36.6 Å². The molecule has 0 bridgehead atoms. The molecule has 45 heavy (non-hydrogen) atoms. The fraction of sp³-hybridized carbons (Fsp3) is 0.162. The number of hydrogen-bond donors (Lipinski definition) is 0. The van der Waals surface area contributed by atoms with E-state index in [1.807, 2.05) is 30.3 Å². The van der Waals surface area contributed by atoms with Gasteiger partial charge in [0, 0.05) is 51.5 Å². The first kappa shape index (κ1) is 24.7. The van der Waals surface area contributed by atoms with E-state index in [2.05, 4.69) is 59.1 Å². The van der Waals surface area contributed by atoms with Crippen LogP contribution >= 0.6 is 11.3 Å². The number of rotatable bonds is 3. The second-order valence-electron chi connectivity index (χ2n) is 11.0. The van der Waals surface area contributed by atoms with Crippen molar-refractivity contribution in [2.75, 3.05) is 0 Å². The van der Waals surface area contributed by atoms with Gasteiger partial charge in [-0.1, -0.05) is 73.4 Å². The second-order valence-corrected chi connectivity index (χ2v) is 12.0. The molecule has 0 N–H and O–H groups in total. The SMILES string of the molecule is [2H]C([2H])([2H])c1ccc(-c2[c-]ccc3c2oc2c(-c4nnc(C(C)(C)C)s4)c(C#N)ccc23)nc1.[2H]C([2H])([2H])c1ccc(-c2[c-]cccc2)nc1.[Ir]. The van der Waals surface area contributed by atoms with Crippen molar-refractivity contribution in [3.05, 3.63) is 119 Å². The van der Waals surface area contributed by atoms with Crippen LogP contribution in [0.25, 0.3) is 55.0 Å². The van der Waals surface area contributed by atoms with Crippen LogP contribution in [-0.2, 0) is 25.5 Å². The first-order valence-electron chi connectivity index (χ1n) is 16.7. The van der Waals surface area contributed by atoms with Crippen LogP contribution in [0.5, 0.6) is 0 Å². The molecule has 0 saturated heterocycles. The van der Waals surface area contributed by atoms with Crippen LogP contribution in [0, 0.1) is 37.2 Å². The van der Waals surface area contributed by atoms with Gasteiger partial charge in [-0.15, -0.1) is 64.3 Å². The van der Waals surface area contributed by atoms with Crippen molar-refractivity contribution in [1.29, 1.82) is 5.26 Å². The summed E-state index contributed by atoms with van der Waals surface area (Å²) in [7, 11) is 0. The number of nitrogens with zero attached hydrogens (tertiary/aromatic N) is 5. The average Bonchev–Trinajstić information content (AvgIpc) is 3.74. The number of benzene rings is 3. The molecule has 6 nitrogen and oxygen atoms in total. The summed E-state index contributed by atoms with van der Waals surface area (Å²) in [6.07, 6.45) is 2.75. The van der Waals surface area contributed by atoms with Crippen LogP contribution in [0.3, 0.4) is 0 Å². The average molecular weight is 790 g/mol. The summed E-state index contributed by atoms with van der Waals surface area (Å²) in [5, 5.41) is 21.7. The van der Waals surface area contributed by atoms with E-state index in [1.54, 1.807) is 42.5 Å². The van der Waals surface area contributed by atoms with Crippen LogP contribution in [0.1, 0.15) is 50.7 Å². The van der Waals surface area contributed by atoms with Gasteiger partial charge < -0.3 is 14.4 Å². The standard InChI is InChI=1S/C25H19N4OS.C12H10N.Ir/c1-14-8-11-19(27-13-14)18-7-5-6-16-17-10-9-15(12-26)20(22(17)30-21(16)18)23-28-29-24(31-23)25(2,3)4;1-10-7-8-12(13-9-10)11-5-3-2-4-6-11;/h5-6,8-11,13H,1-4H3;2-5,7-9H,1H3;/q2*-1;/i2*1D3;. The van der Waals surface area contributed by atoms with Crippen molar-refractivity contribution in [2.45, 2.75) is 39.9 Å². The predicted octanol–water partition coefficient (Wildman–Crippen LogP) is 9.30. The largest absolute Gasteiger partial charge is 0.500 e. The molecule has 0 atom stereocenters. The molecule has 1 radical (unpaired) electrons. The summed E-state index contributed by atoms with van der Waals surface area (Å²) in [5.41, 5.74) is 5.18. The predicted molar refractivity (Wildman–Crippen MR) is 176 cm³/mol. The molecule has 225 valence electrons. The van der Waals surface area contributed by atoms with Gasteiger partial charge in [0.05, 0.1) is 16.7 Å². The number of aromatic nitrogens is 4. The minimum Gasteiger partial charge on any atom is -0.500 e. The van der Waals surface area contributed by atoms with Crippen molar-refractivity contribution in [3.8, 4) is 39.2 Å². The maximum absolute atomic E-state index is 9.81. The van der Waals surface area contributed by atoms with Gasteiger partial charge in [0.25, 0.3) is 0 Å². The van der Waals surface area contributed by atoms with Crippen LogP contribution in [-0.4, -0.2) is 20.2 Å². The minimum atomic E-state index is -2.23. The van der Waals surface area contributed by atoms with Gasteiger partial charge in [-0.3, -0.25) is 0 Å². The smallest absolute Gasteiger partial charge is 0.152 e. The molecule has 0 aliphatic carbocycles. The first-order valence-corrected chi connectivity index (χ1v) is 14.5. The molecule has 0 fully saturated rings. The van der Waals surface area contributed by atoms with E-state index < -0.39 is 13.7 Å². The third-order valence-electron chi connectivity index (χ3n) is 6.77. The zero-order valence-corrected chi connectivity index (χ0v) is 27.7. The molecule has 3 aromatic carbocycles. The summed E-state index contributed by atoms with van der Waals surface area (Å²) in [6.45, 7) is 1.88. The summed E-state index contributed by atoms with van der Waals surface area (Å²) in [4.78, 5) is 8.48. The van der Waals surface area contributed by atoms with Crippen molar-refractivity contribution >= 4 is 33.3 Å². The van der Waals surface area contributed by atoms with Crippen molar-refractivity contribution in [2.24, 2.45) is 0 Å². The molecule has 8 heteroatoms. The van der Waals surface area contributed by atoms with Gasteiger partial charge in [-0.25, -0.2) is 0 Å². The number of furan rings is 1. The molecule has 0 aliphatic rings. The molecule has 7 aromatic rings. The normalized spacial score (nSPS) is 13.6. The Bertz CT molecular complexity index is 2340. The Morgan fingerprint density at radius 3 is 2.16 bits per heavy atom. The second kappa shape index (κ2) is 13.2. The molecule has 0 saturated carbocycles. The Kier molecular flexibility index (Phi) is 7.27. The molecular formula is C37H29IrN5OS-2. The van der Waals surface area contributed by atoms with Crippen LogP contribution < -0.4 is 0 Å². The number of nitriles is 1. The Hall–Kier alpha value is -4.54. The number of aryl methyl sites for hydroxylation is 2. The molecule has 0 unspecified atom stereocenters. The quantitative estimate of drug-likeness (QED) is 0.166. The topological polar surface area (TPSA) is 88.5 Å². The Balaban J connectivity index is 0.000000249. The van der Waals surface area contributed by atoms with Gasteiger partial charge in [0.15, 0.2) is 5.01 Å². The fourth-order valence-electron chi connectivity index (χ4n) is 4.58. The van der Waals surface area contributed by atoms with Crippen molar-refractivity contribution < 1.29 is 32.7 Å². The van der Waals surface area contributed by atoms with E-state index in [1.165, 1.54) is 23.7 Å². The van der Waals surface area contributed by atoms with E-state index in [9.17, 15) is 5.26 Å². The van der Waals surface area contributed by atoms with Gasteiger partial charge >= 0.3 is 0 Å². The monoisotopic (exact) mass is 790 g/mol. The van der Waals surface area contributed by atoms with E-state index >= 15 is 0 Å². The summed E-state index contributed by atoms with van der Waals surface area (Å²) in [5.74, 6) is 0. The van der Waals surface area contributed by atoms with Crippen LogP contribution in [0.15, 0.2) is 89.6 Å². The van der Waals surface area contributed by atoms with E-state index in [0.29, 0.717) is 38.6 Å². The fourth-order valence-corrected chi connectivity index (χ4v) is 5.53. The maximum atomic E-state index is 9.81. The Morgan fingerprint density at radius 1 is 0.822 bits per heavy atom.